The van der Waals surface area contributed by atoms with E-state index < -0.39 is 0 Å². The Hall–Kier alpha value is 0.170. The molecule has 2 atom stereocenters. The Balaban J connectivity index is 0.00000112. The molecule has 0 aromatic heterocycles. The lowest BCUT2D eigenvalue weighted by Gasteiger charge is -2.36. The summed E-state index contributed by atoms with van der Waals surface area (Å²) in [6.07, 6.45) is 2.54. The molecule has 2 rings (SSSR count). The zero-order valence-electron chi connectivity index (χ0n) is 10.2. The molecule has 2 aliphatic rings. The van der Waals surface area contributed by atoms with Crippen molar-refractivity contribution in [1.29, 1.82) is 0 Å². The number of halogens is 1. The summed E-state index contributed by atoms with van der Waals surface area (Å²) in [5.41, 5.74) is -0.0209. The first-order valence-corrected chi connectivity index (χ1v) is 5.56. The first-order chi connectivity index (χ1) is 6.43. The van der Waals surface area contributed by atoms with Gasteiger partial charge in [-0.2, -0.15) is 0 Å². The van der Waals surface area contributed by atoms with Crippen molar-refractivity contribution in [3.8, 4) is 0 Å². The number of rotatable bonds is 1. The van der Waals surface area contributed by atoms with Crippen LogP contribution in [0.1, 0.15) is 33.6 Å². The first-order valence-electron chi connectivity index (χ1n) is 5.56. The van der Waals surface area contributed by atoms with Gasteiger partial charge in [-0.3, -0.25) is 10.2 Å². The monoisotopic (exact) mass is 234 g/mol. The minimum Gasteiger partial charge on any atom is -0.357 e. The molecule has 0 spiro atoms. The molecular weight excluding hydrogens is 212 g/mol. The number of ether oxygens (including phenoxy) is 1. The molecule has 0 saturated carbocycles. The maximum Gasteiger partial charge on any atom is 0.132 e. The van der Waals surface area contributed by atoms with Crippen LogP contribution in [0.25, 0.3) is 0 Å². The Bertz CT molecular complexity index is 235. The van der Waals surface area contributed by atoms with Gasteiger partial charge in [0, 0.05) is 5.54 Å². The second-order valence-electron chi connectivity index (χ2n) is 5.54. The molecule has 15 heavy (non-hydrogen) atoms. The molecule has 90 valence electrons. The van der Waals surface area contributed by atoms with E-state index in [1.54, 1.807) is 0 Å². The van der Waals surface area contributed by atoms with E-state index in [1.165, 1.54) is 19.4 Å². The maximum atomic E-state index is 5.96. The van der Waals surface area contributed by atoms with Crippen LogP contribution in [-0.2, 0) is 4.74 Å². The Kier molecular flexibility index (Phi) is 3.71. The highest BCUT2D eigenvalue weighted by molar-refractivity contribution is 5.85. The first kappa shape index (κ1) is 13.2. The van der Waals surface area contributed by atoms with Gasteiger partial charge in [-0.05, 0) is 47.2 Å². The normalized spacial score (nSPS) is 40.4. The quantitative estimate of drug-likeness (QED) is 0.746. The van der Waals surface area contributed by atoms with E-state index in [1.807, 2.05) is 0 Å². The second-order valence-corrected chi connectivity index (χ2v) is 5.54. The predicted octanol–water partition coefficient (Wildman–Crippen LogP) is 1.62. The Morgan fingerprint density at radius 1 is 1.33 bits per heavy atom. The Morgan fingerprint density at radius 3 is 2.40 bits per heavy atom. The van der Waals surface area contributed by atoms with Crippen LogP contribution in [0, 0.1) is 0 Å². The van der Waals surface area contributed by atoms with Gasteiger partial charge >= 0.3 is 0 Å². The van der Waals surface area contributed by atoms with E-state index in [-0.39, 0.29) is 23.7 Å². The minimum atomic E-state index is -0.144. The van der Waals surface area contributed by atoms with E-state index in [4.69, 9.17) is 4.74 Å². The molecule has 0 aromatic rings. The average molecular weight is 235 g/mol. The molecule has 3 nitrogen and oxygen atoms in total. The van der Waals surface area contributed by atoms with Gasteiger partial charge in [0.15, 0.2) is 0 Å². The van der Waals surface area contributed by atoms with Gasteiger partial charge < -0.3 is 4.74 Å². The molecule has 0 aromatic carbocycles. The van der Waals surface area contributed by atoms with Crippen molar-refractivity contribution in [1.82, 2.24) is 10.2 Å². The number of nitrogens with zero attached hydrogens (tertiary/aromatic N) is 1. The summed E-state index contributed by atoms with van der Waals surface area (Å²) in [7, 11) is 2.19. The zero-order chi connectivity index (χ0) is 10.4. The van der Waals surface area contributed by atoms with Crippen LogP contribution in [-0.4, -0.2) is 42.4 Å². The fraction of sp³-hybridized carbons (Fsp3) is 1.00. The lowest BCUT2D eigenvalue weighted by atomic mass is 10.0. The smallest absolute Gasteiger partial charge is 0.132 e. The summed E-state index contributed by atoms with van der Waals surface area (Å²) in [5, 5.41) is 3.62. The van der Waals surface area contributed by atoms with Gasteiger partial charge in [0.1, 0.15) is 5.72 Å². The van der Waals surface area contributed by atoms with Crippen LogP contribution in [0.15, 0.2) is 0 Å². The molecule has 0 radical (unpaired) electrons. The summed E-state index contributed by atoms with van der Waals surface area (Å²) in [6, 6.07) is 0.532. The zero-order valence-corrected chi connectivity index (χ0v) is 11.0. The van der Waals surface area contributed by atoms with Gasteiger partial charge in [-0.25, -0.2) is 0 Å². The Labute approximate surface area is 99.0 Å². The van der Waals surface area contributed by atoms with Gasteiger partial charge in [-0.1, -0.05) is 0 Å². The van der Waals surface area contributed by atoms with Crippen LogP contribution >= 0.6 is 12.4 Å². The second kappa shape index (κ2) is 4.21. The third-order valence-corrected chi connectivity index (χ3v) is 3.48. The van der Waals surface area contributed by atoms with Crippen LogP contribution in [0.3, 0.4) is 0 Å². The fourth-order valence-corrected chi connectivity index (χ4v) is 2.86. The van der Waals surface area contributed by atoms with Crippen molar-refractivity contribution in [2.75, 3.05) is 20.2 Å². The summed E-state index contributed by atoms with van der Waals surface area (Å²) < 4.78 is 5.96. The van der Waals surface area contributed by atoms with E-state index in [2.05, 4.69) is 38.0 Å². The van der Waals surface area contributed by atoms with Crippen LogP contribution in [0.4, 0.5) is 0 Å². The molecular formula is C11H23ClN2O. The third-order valence-electron chi connectivity index (χ3n) is 3.48. The summed E-state index contributed by atoms with van der Waals surface area (Å²) in [5.74, 6) is 0. The van der Waals surface area contributed by atoms with E-state index in [0.29, 0.717) is 6.04 Å². The van der Waals surface area contributed by atoms with E-state index in [0.717, 1.165) is 6.61 Å². The van der Waals surface area contributed by atoms with Crippen molar-refractivity contribution in [2.24, 2.45) is 0 Å². The standard InChI is InChI=1S/C11H22N2O.ClH/c1-10(2)8-14-11(3,12-10)9-6-5-7-13(9)4;/h9,12H,5-8H2,1-4H3;1H. The summed E-state index contributed by atoms with van der Waals surface area (Å²) >= 11 is 0. The lowest BCUT2D eigenvalue weighted by Crippen LogP contribution is -2.57. The molecule has 2 fully saturated rings. The largest absolute Gasteiger partial charge is 0.357 e. The fourth-order valence-electron chi connectivity index (χ4n) is 2.86. The maximum absolute atomic E-state index is 5.96. The van der Waals surface area contributed by atoms with Gasteiger partial charge in [0.2, 0.25) is 0 Å². The van der Waals surface area contributed by atoms with Crippen molar-refractivity contribution in [3.63, 3.8) is 0 Å². The number of likely N-dealkylation sites (tertiary alicyclic amines) is 1. The number of hydrogen-bond acceptors (Lipinski definition) is 3. The van der Waals surface area contributed by atoms with Crippen LogP contribution in [0.2, 0.25) is 0 Å². The molecule has 1 N–H and O–H groups in total. The highest BCUT2D eigenvalue weighted by Crippen LogP contribution is 2.32. The van der Waals surface area contributed by atoms with Crippen molar-refractivity contribution in [2.45, 2.75) is 50.9 Å². The Morgan fingerprint density at radius 2 is 2.00 bits per heavy atom. The molecule has 4 heteroatoms. The van der Waals surface area contributed by atoms with Gasteiger partial charge in [-0.15, -0.1) is 12.4 Å². The topological polar surface area (TPSA) is 24.5 Å². The number of hydrogen-bond donors (Lipinski definition) is 1. The SMILES string of the molecule is CN1CCCC1C1(C)NC(C)(C)CO1.Cl. The average Bonchev–Trinajstić information content (AvgIpc) is 2.57. The predicted molar refractivity (Wildman–Crippen MR) is 64.5 cm³/mol. The van der Waals surface area contributed by atoms with Crippen molar-refractivity contribution in [3.05, 3.63) is 0 Å². The molecule has 2 aliphatic heterocycles. The molecule has 2 unspecified atom stereocenters. The summed E-state index contributed by atoms with van der Waals surface area (Å²) in [4.78, 5) is 2.41. The van der Waals surface area contributed by atoms with Crippen LogP contribution < -0.4 is 5.32 Å². The summed E-state index contributed by atoms with van der Waals surface area (Å²) in [6.45, 7) is 8.61. The molecule has 2 saturated heterocycles. The van der Waals surface area contributed by atoms with Gasteiger partial charge in [0.25, 0.3) is 0 Å². The highest BCUT2D eigenvalue weighted by Gasteiger charge is 2.48. The van der Waals surface area contributed by atoms with E-state index in [9.17, 15) is 0 Å². The van der Waals surface area contributed by atoms with Gasteiger partial charge in [0.05, 0.1) is 12.6 Å². The third kappa shape index (κ3) is 2.47. The number of likely N-dealkylation sites (N-methyl/N-ethyl adjacent to an activating group) is 1. The van der Waals surface area contributed by atoms with Crippen molar-refractivity contribution < 1.29 is 4.74 Å². The van der Waals surface area contributed by atoms with E-state index >= 15 is 0 Å². The molecule has 0 aliphatic carbocycles. The molecule has 0 amide bonds. The van der Waals surface area contributed by atoms with Crippen LogP contribution in [0.5, 0.6) is 0 Å². The highest BCUT2D eigenvalue weighted by atomic mass is 35.5. The molecule has 2 heterocycles. The number of nitrogens with one attached hydrogen (secondary N) is 1. The van der Waals surface area contributed by atoms with Crippen molar-refractivity contribution >= 4 is 12.4 Å². The minimum absolute atomic E-state index is 0. The molecule has 0 bridgehead atoms. The lowest BCUT2D eigenvalue weighted by molar-refractivity contribution is -0.0482.